The lowest BCUT2D eigenvalue weighted by Crippen LogP contribution is -2.28. The molecule has 164 valence electrons. The predicted octanol–water partition coefficient (Wildman–Crippen LogP) is 2.95. The van der Waals surface area contributed by atoms with Gasteiger partial charge in [-0.1, -0.05) is 6.07 Å². The maximum Gasteiger partial charge on any atom is 0.416 e. The first-order chi connectivity index (χ1) is 14.6. The Hall–Kier alpha value is -3.56. The molecular formula is C21H20F3N3O4. The summed E-state index contributed by atoms with van der Waals surface area (Å²) in [5, 5.41) is 2.69. The van der Waals surface area contributed by atoms with Gasteiger partial charge < -0.3 is 20.7 Å². The van der Waals surface area contributed by atoms with Crippen LogP contribution in [0.25, 0.3) is 0 Å². The van der Waals surface area contributed by atoms with Crippen molar-refractivity contribution in [1.82, 2.24) is 0 Å². The normalized spacial score (nSPS) is 16.3. The van der Waals surface area contributed by atoms with Gasteiger partial charge in [-0.15, -0.1) is 0 Å². The number of rotatable bonds is 7. The van der Waals surface area contributed by atoms with Gasteiger partial charge in [0.25, 0.3) is 0 Å². The Labute approximate surface area is 176 Å². The van der Waals surface area contributed by atoms with Crippen molar-refractivity contribution < 1.29 is 32.3 Å². The summed E-state index contributed by atoms with van der Waals surface area (Å²) in [6.45, 7) is 0.122. The zero-order valence-corrected chi connectivity index (χ0v) is 16.3. The van der Waals surface area contributed by atoms with Gasteiger partial charge in [-0.2, -0.15) is 13.2 Å². The number of nitrogens with zero attached hydrogens (tertiary/aromatic N) is 1. The highest BCUT2D eigenvalue weighted by Gasteiger charge is 2.37. The summed E-state index contributed by atoms with van der Waals surface area (Å²) in [5.74, 6) is -1.52. The number of halogens is 3. The van der Waals surface area contributed by atoms with Gasteiger partial charge in [0.05, 0.1) is 24.5 Å². The van der Waals surface area contributed by atoms with Crippen molar-refractivity contribution in [3.8, 4) is 5.75 Å². The van der Waals surface area contributed by atoms with Crippen LogP contribution in [0.2, 0.25) is 0 Å². The molecule has 1 aliphatic heterocycles. The third-order valence-corrected chi connectivity index (χ3v) is 4.72. The lowest BCUT2D eigenvalue weighted by Gasteiger charge is -2.18. The second-order valence-electron chi connectivity index (χ2n) is 7.03. The molecule has 1 unspecified atom stereocenters. The number of hydrogen-bond acceptors (Lipinski definition) is 4. The summed E-state index contributed by atoms with van der Waals surface area (Å²) < 4.78 is 44.1. The zero-order valence-electron chi connectivity index (χ0n) is 16.3. The molecule has 31 heavy (non-hydrogen) atoms. The van der Waals surface area contributed by atoms with Gasteiger partial charge in [0.15, 0.2) is 0 Å². The first-order valence-corrected chi connectivity index (χ1v) is 9.43. The van der Waals surface area contributed by atoms with E-state index < -0.39 is 35.4 Å². The number of ether oxygens (including phenoxy) is 1. The van der Waals surface area contributed by atoms with E-state index in [0.717, 1.165) is 12.1 Å². The van der Waals surface area contributed by atoms with E-state index in [4.69, 9.17) is 10.5 Å². The molecule has 0 aromatic heterocycles. The number of nitrogens with two attached hydrogens (primary N) is 1. The van der Waals surface area contributed by atoms with Crippen molar-refractivity contribution in [2.24, 2.45) is 11.7 Å². The first kappa shape index (κ1) is 22.1. The zero-order chi connectivity index (χ0) is 22.6. The number of anilines is 2. The molecule has 1 saturated heterocycles. The average Bonchev–Trinajstić information content (AvgIpc) is 3.10. The number of hydrogen-bond donors (Lipinski definition) is 2. The Morgan fingerprint density at radius 3 is 2.52 bits per heavy atom. The van der Waals surface area contributed by atoms with Crippen LogP contribution in [-0.2, 0) is 20.6 Å². The Morgan fingerprint density at radius 2 is 1.87 bits per heavy atom. The average molecular weight is 435 g/mol. The quantitative estimate of drug-likeness (QED) is 0.698. The van der Waals surface area contributed by atoms with Gasteiger partial charge in [-0.3, -0.25) is 14.4 Å². The Bertz CT molecular complexity index is 977. The van der Waals surface area contributed by atoms with E-state index in [0.29, 0.717) is 11.4 Å². The molecule has 10 heteroatoms. The van der Waals surface area contributed by atoms with E-state index in [1.54, 1.807) is 24.3 Å². The van der Waals surface area contributed by atoms with E-state index in [1.165, 1.54) is 17.0 Å². The fraction of sp³-hybridized carbons (Fsp3) is 0.286. The fourth-order valence-corrected chi connectivity index (χ4v) is 3.13. The standard InChI is InChI=1S/C21H20F3N3O4/c22-21(23,24)14-2-1-3-16(11-14)27-12-13(10-19(27)29)20(30)26-15-4-6-17(7-5-15)31-9-8-18(25)28/h1-7,11,13H,8-10,12H2,(H2,25,28)(H,26,30). The van der Waals surface area contributed by atoms with Gasteiger partial charge in [0, 0.05) is 24.3 Å². The molecule has 3 amide bonds. The summed E-state index contributed by atoms with van der Waals surface area (Å²) in [6.07, 6.45) is -4.54. The minimum atomic E-state index is -4.52. The number of alkyl halides is 3. The van der Waals surface area contributed by atoms with Gasteiger partial charge in [0.2, 0.25) is 17.7 Å². The minimum Gasteiger partial charge on any atom is -0.493 e. The molecule has 1 heterocycles. The minimum absolute atomic E-state index is 0.0136. The topological polar surface area (TPSA) is 102 Å². The predicted molar refractivity (Wildman–Crippen MR) is 106 cm³/mol. The number of primary amides is 1. The number of carbonyl (C=O) groups excluding carboxylic acids is 3. The summed E-state index contributed by atoms with van der Waals surface area (Å²) in [7, 11) is 0. The third kappa shape index (κ3) is 5.74. The Balaban J connectivity index is 1.60. The van der Waals surface area contributed by atoms with Gasteiger partial charge in [-0.05, 0) is 42.5 Å². The number of amides is 3. The molecular weight excluding hydrogens is 415 g/mol. The number of benzene rings is 2. The van der Waals surface area contributed by atoms with Crippen molar-refractivity contribution in [2.45, 2.75) is 19.0 Å². The van der Waals surface area contributed by atoms with Gasteiger partial charge >= 0.3 is 6.18 Å². The van der Waals surface area contributed by atoms with Crippen molar-refractivity contribution in [2.75, 3.05) is 23.4 Å². The van der Waals surface area contributed by atoms with E-state index in [9.17, 15) is 27.6 Å². The van der Waals surface area contributed by atoms with Crippen LogP contribution in [0.1, 0.15) is 18.4 Å². The lowest BCUT2D eigenvalue weighted by molar-refractivity contribution is -0.137. The first-order valence-electron chi connectivity index (χ1n) is 9.43. The van der Waals surface area contributed by atoms with E-state index in [2.05, 4.69) is 5.32 Å². The van der Waals surface area contributed by atoms with E-state index >= 15 is 0 Å². The van der Waals surface area contributed by atoms with Crippen molar-refractivity contribution >= 4 is 29.1 Å². The SMILES string of the molecule is NC(=O)CCOc1ccc(NC(=O)C2CC(=O)N(c3cccc(C(F)(F)F)c3)C2)cc1. The summed E-state index contributed by atoms with van der Waals surface area (Å²) in [4.78, 5) is 36.7. The van der Waals surface area contributed by atoms with Crippen LogP contribution in [-0.4, -0.2) is 30.9 Å². The van der Waals surface area contributed by atoms with Crippen LogP contribution in [0.5, 0.6) is 5.75 Å². The molecule has 0 aliphatic carbocycles. The third-order valence-electron chi connectivity index (χ3n) is 4.72. The van der Waals surface area contributed by atoms with E-state index in [1.807, 2.05) is 0 Å². The molecule has 3 rings (SSSR count). The van der Waals surface area contributed by atoms with Crippen molar-refractivity contribution in [1.29, 1.82) is 0 Å². The second-order valence-corrected chi connectivity index (χ2v) is 7.03. The van der Waals surface area contributed by atoms with Crippen molar-refractivity contribution in [3.05, 3.63) is 54.1 Å². The fourth-order valence-electron chi connectivity index (χ4n) is 3.13. The molecule has 2 aromatic rings. The molecule has 0 bridgehead atoms. The Kier molecular flexibility index (Phi) is 6.47. The van der Waals surface area contributed by atoms with Crippen LogP contribution < -0.4 is 20.7 Å². The van der Waals surface area contributed by atoms with Crippen LogP contribution in [0.3, 0.4) is 0 Å². The lowest BCUT2D eigenvalue weighted by atomic mass is 10.1. The molecule has 1 fully saturated rings. The second kappa shape index (κ2) is 9.07. The summed E-state index contributed by atoms with van der Waals surface area (Å²) >= 11 is 0. The highest BCUT2D eigenvalue weighted by Crippen LogP contribution is 2.33. The maximum absolute atomic E-state index is 12.9. The largest absolute Gasteiger partial charge is 0.493 e. The van der Waals surface area contributed by atoms with Crippen LogP contribution in [0.15, 0.2) is 48.5 Å². The summed E-state index contributed by atoms with van der Waals surface area (Å²) in [5.41, 5.74) is 4.75. The number of nitrogens with one attached hydrogen (secondary N) is 1. The molecule has 0 saturated carbocycles. The van der Waals surface area contributed by atoms with Gasteiger partial charge in [0.1, 0.15) is 5.75 Å². The monoisotopic (exact) mass is 435 g/mol. The molecule has 0 spiro atoms. The number of carbonyl (C=O) groups is 3. The van der Waals surface area contributed by atoms with E-state index in [-0.39, 0.29) is 31.7 Å². The molecule has 2 aromatic carbocycles. The van der Waals surface area contributed by atoms with Crippen molar-refractivity contribution in [3.63, 3.8) is 0 Å². The Morgan fingerprint density at radius 1 is 1.16 bits per heavy atom. The highest BCUT2D eigenvalue weighted by atomic mass is 19.4. The molecule has 1 aliphatic rings. The van der Waals surface area contributed by atoms with Crippen LogP contribution >= 0.6 is 0 Å². The van der Waals surface area contributed by atoms with Gasteiger partial charge in [-0.25, -0.2) is 0 Å². The highest BCUT2D eigenvalue weighted by molar-refractivity contribution is 6.03. The molecule has 3 N–H and O–H groups in total. The van der Waals surface area contributed by atoms with Crippen LogP contribution in [0.4, 0.5) is 24.5 Å². The van der Waals surface area contributed by atoms with Crippen LogP contribution in [0, 0.1) is 5.92 Å². The molecule has 1 atom stereocenters. The molecule has 0 radical (unpaired) electrons. The molecule has 7 nitrogen and oxygen atoms in total. The summed E-state index contributed by atoms with van der Waals surface area (Å²) in [6, 6.07) is 10.9. The smallest absolute Gasteiger partial charge is 0.416 e. The maximum atomic E-state index is 12.9.